The summed E-state index contributed by atoms with van der Waals surface area (Å²) >= 11 is 6.05. The number of aliphatic hydroxyl groups excluding tert-OH is 2. The smallest absolute Gasteiger partial charge is 0.143 e. The molecule has 5 rings (SSSR count). The minimum Gasteiger partial charge on any atom is -0.390 e. The highest BCUT2D eigenvalue weighted by atomic mass is 35.5. The highest BCUT2D eigenvalue weighted by Crippen LogP contribution is 2.39. The van der Waals surface area contributed by atoms with E-state index < -0.39 is 12.2 Å². The van der Waals surface area contributed by atoms with Crippen LogP contribution in [0.5, 0.6) is 0 Å². The standard InChI is InChI=1S/C22H22ClN5O2/c23-16-8-13-3-1-12(7-17(13)27-21(16)24)2-4-14-9-18(20(30)19(14)29)28-6-5-15-10-25-11-26-22(15)28/h1,3,5-8,10-11,14,18-20,29-30H,2,4,9H2,(H2,24,27)/t14-,18+,19+,20-/m0/s1. The molecule has 8 heteroatoms. The highest BCUT2D eigenvalue weighted by Gasteiger charge is 2.42. The number of halogens is 1. The van der Waals surface area contributed by atoms with Crippen LogP contribution in [0.15, 0.2) is 49.1 Å². The predicted molar refractivity (Wildman–Crippen MR) is 116 cm³/mol. The fourth-order valence-corrected chi connectivity index (χ4v) is 4.70. The maximum Gasteiger partial charge on any atom is 0.143 e. The average Bonchev–Trinajstić information content (AvgIpc) is 3.29. The third-order valence-electron chi connectivity index (χ3n) is 6.17. The Morgan fingerprint density at radius 3 is 2.87 bits per heavy atom. The Morgan fingerprint density at radius 2 is 2.00 bits per heavy atom. The van der Waals surface area contributed by atoms with Crippen LogP contribution in [0.4, 0.5) is 5.82 Å². The molecule has 1 fully saturated rings. The van der Waals surface area contributed by atoms with Gasteiger partial charge >= 0.3 is 0 Å². The van der Waals surface area contributed by atoms with Gasteiger partial charge in [0.2, 0.25) is 0 Å². The van der Waals surface area contributed by atoms with Gasteiger partial charge in [-0.3, -0.25) is 0 Å². The maximum absolute atomic E-state index is 10.7. The monoisotopic (exact) mass is 423 g/mol. The van der Waals surface area contributed by atoms with Gasteiger partial charge in [-0.15, -0.1) is 0 Å². The Hall–Kier alpha value is -2.74. The second-order valence-electron chi connectivity index (χ2n) is 7.99. The first-order valence-corrected chi connectivity index (χ1v) is 10.4. The van der Waals surface area contributed by atoms with Gasteiger partial charge in [0, 0.05) is 23.2 Å². The Bertz CT molecular complexity index is 1230. The van der Waals surface area contributed by atoms with Crippen molar-refractivity contribution in [2.45, 2.75) is 37.5 Å². The third kappa shape index (κ3) is 3.29. The van der Waals surface area contributed by atoms with Crippen molar-refractivity contribution < 1.29 is 10.2 Å². The molecule has 3 aromatic heterocycles. The highest BCUT2D eigenvalue weighted by molar-refractivity contribution is 6.33. The van der Waals surface area contributed by atoms with Crippen LogP contribution in [-0.4, -0.2) is 41.9 Å². The normalized spacial score (nSPS) is 24.1. The summed E-state index contributed by atoms with van der Waals surface area (Å²) in [6.45, 7) is 0. The van der Waals surface area contributed by atoms with E-state index >= 15 is 0 Å². The van der Waals surface area contributed by atoms with E-state index in [-0.39, 0.29) is 12.0 Å². The lowest BCUT2D eigenvalue weighted by Gasteiger charge is -2.18. The quantitative estimate of drug-likeness (QED) is 0.465. The van der Waals surface area contributed by atoms with Crippen LogP contribution in [0.25, 0.3) is 21.9 Å². The van der Waals surface area contributed by atoms with E-state index in [0.29, 0.717) is 17.3 Å². The van der Waals surface area contributed by atoms with Crippen LogP contribution in [0.1, 0.15) is 24.4 Å². The topological polar surface area (TPSA) is 110 Å². The number of hydrogen-bond acceptors (Lipinski definition) is 6. The van der Waals surface area contributed by atoms with Gasteiger partial charge in [-0.25, -0.2) is 15.0 Å². The van der Waals surface area contributed by atoms with Crippen LogP contribution in [0, 0.1) is 5.92 Å². The van der Waals surface area contributed by atoms with Crippen molar-refractivity contribution >= 4 is 39.4 Å². The Morgan fingerprint density at radius 1 is 1.13 bits per heavy atom. The van der Waals surface area contributed by atoms with E-state index in [4.69, 9.17) is 17.3 Å². The first-order chi connectivity index (χ1) is 14.5. The number of nitrogens with two attached hydrogens (primary N) is 1. The number of benzene rings is 1. The molecule has 4 N–H and O–H groups in total. The van der Waals surface area contributed by atoms with Crippen molar-refractivity contribution in [1.29, 1.82) is 0 Å². The van der Waals surface area contributed by atoms with E-state index in [9.17, 15) is 10.2 Å². The molecule has 1 aromatic carbocycles. The molecule has 4 aromatic rings. The molecule has 154 valence electrons. The van der Waals surface area contributed by atoms with Gasteiger partial charge < -0.3 is 20.5 Å². The molecule has 7 nitrogen and oxygen atoms in total. The number of hydrogen-bond donors (Lipinski definition) is 3. The van der Waals surface area contributed by atoms with Crippen molar-refractivity contribution in [2.75, 3.05) is 5.73 Å². The zero-order valence-corrected chi connectivity index (χ0v) is 16.9. The van der Waals surface area contributed by atoms with E-state index in [1.807, 2.05) is 41.1 Å². The molecule has 1 saturated carbocycles. The Labute approximate surface area is 178 Å². The molecule has 3 heterocycles. The summed E-state index contributed by atoms with van der Waals surface area (Å²) < 4.78 is 1.96. The molecule has 0 unspecified atom stereocenters. The minimum absolute atomic E-state index is 0.0109. The lowest BCUT2D eigenvalue weighted by atomic mass is 9.95. The summed E-state index contributed by atoms with van der Waals surface area (Å²) in [5.74, 6) is 0.310. The van der Waals surface area contributed by atoms with Crippen LogP contribution >= 0.6 is 11.6 Å². The van der Waals surface area contributed by atoms with E-state index in [1.165, 1.54) is 6.33 Å². The molecule has 0 spiro atoms. The minimum atomic E-state index is -0.833. The maximum atomic E-state index is 10.7. The largest absolute Gasteiger partial charge is 0.390 e. The molecule has 30 heavy (non-hydrogen) atoms. The molecule has 1 aliphatic carbocycles. The van der Waals surface area contributed by atoms with Crippen molar-refractivity contribution in [1.82, 2.24) is 19.5 Å². The first kappa shape index (κ1) is 19.2. The summed E-state index contributed by atoms with van der Waals surface area (Å²) in [7, 11) is 0. The van der Waals surface area contributed by atoms with Crippen molar-refractivity contribution in [3.8, 4) is 0 Å². The van der Waals surface area contributed by atoms with Crippen LogP contribution in [-0.2, 0) is 6.42 Å². The molecule has 1 aliphatic rings. The molecular formula is C22H22ClN5O2. The van der Waals surface area contributed by atoms with Gasteiger partial charge in [0.15, 0.2) is 0 Å². The first-order valence-electron chi connectivity index (χ1n) is 9.98. The van der Waals surface area contributed by atoms with Gasteiger partial charge in [0.25, 0.3) is 0 Å². The second-order valence-corrected chi connectivity index (χ2v) is 8.40. The van der Waals surface area contributed by atoms with Gasteiger partial charge in [-0.05, 0) is 48.9 Å². The lowest BCUT2D eigenvalue weighted by molar-refractivity contribution is 0.00545. The lowest BCUT2D eigenvalue weighted by Crippen LogP contribution is -2.29. The van der Waals surface area contributed by atoms with Crippen molar-refractivity contribution in [3.05, 3.63) is 59.6 Å². The van der Waals surface area contributed by atoms with E-state index in [1.54, 1.807) is 6.20 Å². The number of rotatable bonds is 4. The summed E-state index contributed by atoms with van der Waals surface area (Å²) in [5, 5.41) is 23.7. The Kier molecular flexibility index (Phi) is 4.81. The number of aryl methyl sites for hydroxylation is 1. The molecule has 0 bridgehead atoms. The van der Waals surface area contributed by atoms with Gasteiger partial charge in [-0.2, -0.15) is 0 Å². The predicted octanol–water partition coefficient (Wildman–Crippen LogP) is 3.13. The fourth-order valence-electron chi connectivity index (χ4n) is 4.54. The number of aromatic nitrogens is 4. The SMILES string of the molecule is Nc1nc2cc(CC[C@H]3C[C@@H](n4ccc5cncnc54)[C@H](O)[C@@H]3O)ccc2cc1Cl. The van der Waals surface area contributed by atoms with Crippen LogP contribution in [0.3, 0.4) is 0 Å². The second kappa shape index (κ2) is 7.50. The van der Waals surface area contributed by atoms with E-state index in [2.05, 4.69) is 15.0 Å². The van der Waals surface area contributed by atoms with Gasteiger partial charge in [0.1, 0.15) is 23.9 Å². The summed E-state index contributed by atoms with van der Waals surface area (Å²) in [6, 6.07) is 9.57. The zero-order valence-electron chi connectivity index (χ0n) is 16.2. The average molecular weight is 424 g/mol. The molecule has 0 amide bonds. The molecule has 0 radical (unpaired) electrons. The summed E-state index contributed by atoms with van der Waals surface area (Å²) in [6.07, 6.45) is 5.78. The van der Waals surface area contributed by atoms with Crippen molar-refractivity contribution in [2.24, 2.45) is 5.92 Å². The van der Waals surface area contributed by atoms with Crippen LogP contribution < -0.4 is 5.73 Å². The summed E-state index contributed by atoms with van der Waals surface area (Å²) in [4.78, 5) is 12.7. The van der Waals surface area contributed by atoms with E-state index in [0.717, 1.165) is 40.3 Å². The summed E-state index contributed by atoms with van der Waals surface area (Å²) in [5.41, 5.74) is 8.52. The van der Waals surface area contributed by atoms with Crippen molar-refractivity contribution in [3.63, 3.8) is 0 Å². The van der Waals surface area contributed by atoms with Gasteiger partial charge in [-0.1, -0.05) is 23.7 Å². The van der Waals surface area contributed by atoms with Gasteiger partial charge in [0.05, 0.1) is 22.7 Å². The number of pyridine rings is 1. The molecule has 4 atom stereocenters. The number of aliphatic hydroxyl groups is 2. The third-order valence-corrected chi connectivity index (χ3v) is 6.48. The Balaban J connectivity index is 1.33. The zero-order chi connectivity index (χ0) is 20.8. The fraction of sp³-hybridized carbons (Fsp3) is 0.318. The van der Waals surface area contributed by atoms with Crippen LogP contribution in [0.2, 0.25) is 5.02 Å². The molecule has 0 aliphatic heterocycles. The number of nitrogen functional groups attached to an aromatic ring is 1. The number of fused-ring (bicyclic) bond motifs is 2. The number of nitrogens with zero attached hydrogens (tertiary/aromatic N) is 4. The number of anilines is 1. The molecule has 0 saturated heterocycles. The molecular weight excluding hydrogens is 402 g/mol.